The fraction of sp³-hybridized carbons (Fsp3) is 0.235. The molecule has 1 atom stereocenters. The van der Waals surface area contributed by atoms with Crippen molar-refractivity contribution in [1.82, 2.24) is 5.32 Å². The molecule has 0 saturated carbocycles. The molecule has 0 fully saturated rings. The number of hydrogen-bond acceptors (Lipinski definition) is 2. The average molecular weight is 285 g/mol. The molecule has 3 heteroatoms. The van der Waals surface area contributed by atoms with E-state index in [-0.39, 0.29) is 11.2 Å². The minimum Gasteiger partial charge on any atom is -0.351 e. The Bertz CT molecular complexity index is 568. The van der Waals surface area contributed by atoms with E-state index >= 15 is 0 Å². The van der Waals surface area contributed by atoms with Crippen LogP contribution in [0.1, 0.15) is 18.1 Å². The van der Waals surface area contributed by atoms with Gasteiger partial charge in [0.2, 0.25) is 5.91 Å². The van der Waals surface area contributed by atoms with Crippen molar-refractivity contribution in [2.45, 2.75) is 30.5 Å². The van der Waals surface area contributed by atoms with E-state index in [9.17, 15) is 4.79 Å². The van der Waals surface area contributed by atoms with Gasteiger partial charge in [0.05, 0.1) is 5.25 Å². The zero-order chi connectivity index (χ0) is 14.4. The highest BCUT2D eigenvalue weighted by atomic mass is 32.2. The number of carbonyl (C=O) groups excluding carboxylic acids is 1. The normalized spacial score (nSPS) is 11.9. The van der Waals surface area contributed by atoms with Crippen molar-refractivity contribution in [3.05, 3.63) is 65.7 Å². The molecule has 1 unspecified atom stereocenters. The summed E-state index contributed by atoms with van der Waals surface area (Å²) in [5.41, 5.74) is 2.35. The van der Waals surface area contributed by atoms with Gasteiger partial charge in [0, 0.05) is 11.4 Å². The molecular weight excluding hydrogens is 266 g/mol. The molecule has 2 aromatic carbocycles. The highest BCUT2D eigenvalue weighted by Crippen LogP contribution is 2.22. The van der Waals surface area contributed by atoms with E-state index in [1.54, 1.807) is 11.8 Å². The molecule has 2 rings (SSSR count). The predicted molar refractivity (Wildman–Crippen MR) is 84.8 cm³/mol. The first-order chi connectivity index (χ1) is 9.65. The number of benzene rings is 2. The van der Waals surface area contributed by atoms with E-state index in [0.717, 1.165) is 10.5 Å². The van der Waals surface area contributed by atoms with E-state index in [1.165, 1.54) is 5.56 Å². The minimum absolute atomic E-state index is 0.0698. The first-order valence-corrected chi connectivity index (χ1v) is 7.58. The van der Waals surface area contributed by atoms with Crippen LogP contribution in [0.25, 0.3) is 0 Å². The summed E-state index contributed by atoms with van der Waals surface area (Å²) in [4.78, 5) is 13.2. The highest BCUT2D eigenvalue weighted by molar-refractivity contribution is 8.00. The monoisotopic (exact) mass is 285 g/mol. The van der Waals surface area contributed by atoms with Gasteiger partial charge in [0.15, 0.2) is 0 Å². The molecule has 0 radical (unpaired) electrons. The minimum atomic E-state index is -0.0952. The maximum Gasteiger partial charge on any atom is 0.233 e. The van der Waals surface area contributed by atoms with Crippen molar-refractivity contribution in [3.8, 4) is 0 Å². The molecular formula is C17H19NOS. The SMILES string of the molecule is Cc1cccc(CNC(=O)C(C)Sc2ccccc2)c1. The second kappa shape index (κ2) is 7.15. The average Bonchev–Trinajstić information content (AvgIpc) is 2.46. The fourth-order valence-corrected chi connectivity index (χ4v) is 2.82. The van der Waals surface area contributed by atoms with Gasteiger partial charge >= 0.3 is 0 Å². The van der Waals surface area contributed by atoms with Crippen LogP contribution in [-0.4, -0.2) is 11.2 Å². The van der Waals surface area contributed by atoms with Gasteiger partial charge in [-0.1, -0.05) is 48.0 Å². The molecule has 0 aliphatic carbocycles. The van der Waals surface area contributed by atoms with Crippen LogP contribution in [0.15, 0.2) is 59.5 Å². The van der Waals surface area contributed by atoms with E-state index in [1.807, 2.05) is 49.4 Å². The topological polar surface area (TPSA) is 29.1 Å². The van der Waals surface area contributed by atoms with Crippen LogP contribution >= 0.6 is 11.8 Å². The molecule has 0 aliphatic rings. The molecule has 20 heavy (non-hydrogen) atoms. The molecule has 2 aromatic rings. The maximum absolute atomic E-state index is 12.1. The van der Waals surface area contributed by atoms with Crippen molar-refractivity contribution in [1.29, 1.82) is 0 Å². The van der Waals surface area contributed by atoms with E-state index < -0.39 is 0 Å². The van der Waals surface area contributed by atoms with Crippen LogP contribution in [0.5, 0.6) is 0 Å². The van der Waals surface area contributed by atoms with Crippen molar-refractivity contribution < 1.29 is 4.79 Å². The van der Waals surface area contributed by atoms with Gasteiger partial charge in [-0.15, -0.1) is 11.8 Å². The first kappa shape index (κ1) is 14.7. The van der Waals surface area contributed by atoms with Crippen molar-refractivity contribution in [2.75, 3.05) is 0 Å². The van der Waals surface area contributed by atoms with Crippen LogP contribution in [0.3, 0.4) is 0 Å². The predicted octanol–water partition coefficient (Wildman–Crippen LogP) is 3.79. The molecule has 0 bridgehead atoms. The molecule has 1 amide bonds. The van der Waals surface area contributed by atoms with E-state index in [4.69, 9.17) is 0 Å². The third-order valence-electron chi connectivity index (χ3n) is 2.97. The quantitative estimate of drug-likeness (QED) is 0.847. The van der Waals surface area contributed by atoms with E-state index in [0.29, 0.717) is 6.54 Å². The smallest absolute Gasteiger partial charge is 0.233 e. The van der Waals surface area contributed by atoms with Crippen LogP contribution < -0.4 is 5.32 Å². The first-order valence-electron chi connectivity index (χ1n) is 6.70. The van der Waals surface area contributed by atoms with Crippen molar-refractivity contribution in [3.63, 3.8) is 0 Å². The fourth-order valence-electron chi connectivity index (χ4n) is 1.91. The lowest BCUT2D eigenvalue weighted by molar-refractivity contribution is -0.120. The van der Waals surface area contributed by atoms with E-state index in [2.05, 4.69) is 24.4 Å². The Morgan fingerprint density at radius 1 is 1.15 bits per heavy atom. The third kappa shape index (κ3) is 4.42. The number of aryl methyl sites for hydroxylation is 1. The molecule has 0 saturated heterocycles. The van der Waals surface area contributed by atoms with Gasteiger partial charge in [0.1, 0.15) is 0 Å². The zero-order valence-electron chi connectivity index (χ0n) is 11.8. The Kier molecular flexibility index (Phi) is 5.24. The Balaban J connectivity index is 1.85. The Morgan fingerprint density at radius 2 is 1.90 bits per heavy atom. The summed E-state index contributed by atoms with van der Waals surface area (Å²) >= 11 is 1.58. The summed E-state index contributed by atoms with van der Waals surface area (Å²) < 4.78 is 0. The molecule has 0 spiro atoms. The van der Waals surface area contributed by atoms with Crippen molar-refractivity contribution >= 4 is 17.7 Å². The zero-order valence-corrected chi connectivity index (χ0v) is 12.6. The van der Waals surface area contributed by atoms with Crippen LogP contribution in [0.2, 0.25) is 0 Å². The van der Waals surface area contributed by atoms with Gasteiger partial charge in [-0.25, -0.2) is 0 Å². The summed E-state index contributed by atoms with van der Waals surface area (Å²) in [6.45, 7) is 4.57. The number of thioether (sulfide) groups is 1. The summed E-state index contributed by atoms with van der Waals surface area (Å²) in [5.74, 6) is 0.0698. The largest absolute Gasteiger partial charge is 0.351 e. The van der Waals surface area contributed by atoms with Gasteiger partial charge < -0.3 is 5.32 Å². The summed E-state index contributed by atoms with van der Waals surface area (Å²) in [7, 11) is 0. The Hall–Kier alpha value is -1.74. The molecule has 0 heterocycles. The van der Waals surface area contributed by atoms with Crippen LogP contribution in [0.4, 0.5) is 0 Å². The molecule has 1 N–H and O–H groups in total. The maximum atomic E-state index is 12.1. The lowest BCUT2D eigenvalue weighted by Crippen LogP contribution is -2.30. The molecule has 104 valence electrons. The van der Waals surface area contributed by atoms with Gasteiger partial charge in [-0.2, -0.15) is 0 Å². The lowest BCUT2D eigenvalue weighted by Gasteiger charge is -2.12. The number of nitrogens with one attached hydrogen (secondary N) is 1. The summed E-state index contributed by atoms with van der Waals surface area (Å²) in [6.07, 6.45) is 0. The number of carbonyl (C=O) groups is 1. The van der Waals surface area contributed by atoms with Gasteiger partial charge in [-0.3, -0.25) is 4.79 Å². The molecule has 2 nitrogen and oxygen atoms in total. The standard InChI is InChI=1S/C17H19NOS/c1-13-7-6-8-15(11-13)12-18-17(19)14(2)20-16-9-4-3-5-10-16/h3-11,14H,12H2,1-2H3,(H,18,19). The van der Waals surface area contributed by atoms with Gasteiger partial charge in [-0.05, 0) is 31.5 Å². The highest BCUT2D eigenvalue weighted by Gasteiger charge is 2.13. The van der Waals surface area contributed by atoms with Crippen molar-refractivity contribution in [2.24, 2.45) is 0 Å². The molecule has 0 aromatic heterocycles. The summed E-state index contributed by atoms with van der Waals surface area (Å²) in [5, 5.41) is 2.89. The van der Waals surface area contributed by atoms with Crippen LogP contribution in [-0.2, 0) is 11.3 Å². The number of rotatable bonds is 5. The second-order valence-corrected chi connectivity index (χ2v) is 6.19. The lowest BCUT2D eigenvalue weighted by atomic mass is 10.1. The number of hydrogen-bond donors (Lipinski definition) is 1. The third-order valence-corrected chi connectivity index (χ3v) is 4.09. The molecule has 0 aliphatic heterocycles. The second-order valence-electron chi connectivity index (χ2n) is 4.78. The van der Waals surface area contributed by atoms with Crippen LogP contribution in [0, 0.1) is 6.92 Å². The number of amides is 1. The Morgan fingerprint density at radius 3 is 2.60 bits per heavy atom. The summed E-state index contributed by atoms with van der Waals surface area (Å²) in [6, 6.07) is 18.2. The van der Waals surface area contributed by atoms with Gasteiger partial charge in [0.25, 0.3) is 0 Å². The Labute approximate surface area is 124 Å².